The van der Waals surface area contributed by atoms with Crippen LogP contribution in [0.25, 0.3) is 0 Å². The number of hydrogen-bond acceptors (Lipinski definition) is 0. The second-order valence-corrected chi connectivity index (χ2v) is 7.75. The highest BCUT2D eigenvalue weighted by atomic mass is 14.3. The summed E-state index contributed by atoms with van der Waals surface area (Å²) in [5.74, 6) is 9.71. The third-order valence-corrected chi connectivity index (χ3v) is 6.32. The zero-order chi connectivity index (χ0) is 16.8. The van der Waals surface area contributed by atoms with E-state index in [0.717, 1.165) is 29.7 Å². The molecular weight excluding hydrogens is 288 g/mol. The van der Waals surface area contributed by atoms with E-state index in [4.69, 9.17) is 0 Å². The molecule has 2 aliphatic carbocycles. The first-order valence-corrected chi connectivity index (χ1v) is 10.1. The van der Waals surface area contributed by atoms with Crippen LogP contribution < -0.4 is 0 Å². The Balaban J connectivity index is 1.53. The topological polar surface area (TPSA) is 0 Å². The van der Waals surface area contributed by atoms with Crippen molar-refractivity contribution in [3.8, 4) is 11.8 Å². The van der Waals surface area contributed by atoms with Gasteiger partial charge in [-0.25, -0.2) is 0 Å². The maximum Gasteiger partial charge on any atom is 0.0249 e. The molecule has 2 aliphatic rings. The molecule has 1 aromatic carbocycles. The zero-order valence-corrected chi connectivity index (χ0v) is 15.5. The predicted molar refractivity (Wildman–Crippen MR) is 104 cm³/mol. The molecule has 0 N–H and O–H groups in total. The van der Waals surface area contributed by atoms with Crippen molar-refractivity contribution >= 4 is 0 Å². The van der Waals surface area contributed by atoms with Gasteiger partial charge in [0.05, 0.1) is 0 Å². The predicted octanol–water partition coefficient (Wildman–Crippen LogP) is 6.54. The van der Waals surface area contributed by atoms with Crippen molar-refractivity contribution in [2.24, 2.45) is 17.8 Å². The van der Waals surface area contributed by atoms with E-state index in [1.807, 2.05) is 0 Å². The summed E-state index contributed by atoms with van der Waals surface area (Å²) in [6.07, 6.45) is 14.6. The first-order chi connectivity index (χ1) is 11.8. The van der Waals surface area contributed by atoms with Gasteiger partial charge in [0.15, 0.2) is 0 Å². The number of aryl methyl sites for hydroxylation is 1. The molecule has 1 unspecified atom stereocenters. The fraction of sp³-hybridized carbons (Fsp3) is 0.583. The minimum Gasteiger partial charge on any atom is -0.0726 e. The summed E-state index contributed by atoms with van der Waals surface area (Å²) in [6, 6.07) is 8.71. The van der Waals surface area contributed by atoms with Gasteiger partial charge in [-0.3, -0.25) is 0 Å². The molecule has 0 spiro atoms. The lowest BCUT2D eigenvalue weighted by molar-refractivity contribution is 0.190. The van der Waals surface area contributed by atoms with Crippen LogP contribution in [0.4, 0.5) is 0 Å². The maximum atomic E-state index is 3.43. The van der Waals surface area contributed by atoms with Gasteiger partial charge in [-0.2, -0.15) is 0 Å². The Morgan fingerprint density at radius 3 is 2.21 bits per heavy atom. The molecule has 1 aromatic rings. The third kappa shape index (κ3) is 4.54. The van der Waals surface area contributed by atoms with Crippen LogP contribution >= 0.6 is 0 Å². The van der Waals surface area contributed by atoms with Crippen molar-refractivity contribution in [1.82, 2.24) is 0 Å². The second kappa shape index (κ2) is 8.57. The van der Waals surface area contributed by atoms with E-state index in [1.54, 1.807) is 0 Å². The van der Waals surface area contributed by atoms with E-state index in [0.29, 0.717) is 0 Å². The highest BCUT2D eigenvalue weighted by Crippen LogP contribution is 2.40. The minimum atomic E-state index is 0.928. The van der Waals surface area contributed by atoms with Gasteiger partial charge in [0.1, 0.15) is 0 Å². The Kier molecular flexibility index (Phi) is 6.19. The molecule has 0 bridgehead atoms. The summed E-state index contributed by atoms with van der Waals surface area (Å²) < 4.78 is 0. The third-order valence-electron chi connectivity index (χ3n) is 6.32. The second-order valence-electron chi connectivity index (χ2n) is 7.75. The molecule has 128 valence electrons. The fourth-order valence-corrected chi connectivity index (χ4v) is 4.44. The average Bonchev–Trinajstić information content (AvgIpc) is 2.67. The molecular formula is C24H32. The molecule has 0 aromatic heterocycles. The van der Waals surface area contributed by atoms with Crippen molar-refractivity contribution in [3.05, 3.63) is 47.0 Å². The molecule has 0 radical (unpaired) electrons. The number of allylic oxidation sites excluding steroid dienone is 2. The molecule has 0 heteroatoms. The van der Waals surface area contributed by atoms with E-state index < -0.39 is 0 Å². The minimum absolute atomic E-state index is 0.928. The molecule has 0 heterocycles. The Morgan fingerprint density at radius 1 is 0.875 bits per heavy atom. The molecule has 24 heavy (non-hydrogen) atoms. The Morgan fingerprint density at radius 2 is 1.62 bits per heavy atom. The quantitative estimate of drug-likeness (QED) is 0.554. The van der Waals surface area contributed by atoms with Gasteiger partial charge in [-0.05, 0) is 79.5 Å². The molecule has 3 rings (SSSR count). The smallest absolute Gasteiger partial charge is 0.0249 e. The van der Waals surface area contributed by atoms with Crippen molar-refractivity contribution in [3.63, 3.8) is 0 Å². The van der Waals surface area contributed by atoms with Crippen molar-refractivity contribution in [2.75, 3.05) is 0 Å². The van der Waals surface area contributed by atoms with Gasteiger partial charge in [0, 0.05) is 5.56 Å². The van der Waals surface area contributed by atoms with Crippen LogP contribution in [-0.4, -0.2) is 0 Å². The highest BCUT2D eigenvalue weighted by Gasteiger charge is 2.27. The van der Waals surface area contributed by atoms with Gasteiger partial charge in [-0.1, -0.05) is 63.2 Å². The van der Waals surface area contributed by atoms with Crippen molar-refractivity contribution < 1.29 is 0 Å². The zero-order valence-electron chi connectivity index (χ0n) is 15.5. The Labute approximate surface area is 148 Å². The monoisotopic (exact) mass is 320 g/mol. The van der Waals surface area contributed by atoms with Crippen LogP contribution in [0.1, 0.15) is 76.3 Å². The lowest BCUT2D eigenvalue weighted by Crippen LogP contribution is -2.22. The van der Waals surface area contributed by atoms with Crippen LogP contribution in [0, 0.1) is 29.6 Å². The van der Waals surface area contributed by atoms with E-state index in [2.05, 4.69) is 56.0 Å². The largest absolute Gasteiger partial charge is 0.0726 e. The summed E-state index contributed by atoms with van der Waals surface area (Å²) >= 11 is 0. The van der Waals surface area contributed by atoms with Crippen LogP contribution in [-0.2, 0) is 6.42 Å². The molecule has 0 aliphatic heterocycles. The van der Waals surface area contributed by atoms with Gasteiger partial charge in [0.25, 0.3) is 0 Å². The molecule has 0 nitrogen and oxygen atoms in total. The normalized spacial score (nSPS) is 27.1. The SMILES string of the molecule is CCc1ccc(C#CC2=CCC(C3CCC(CC)CC3)CC2)cc1. The number of hydrogen-bond donors (Lipinski definition) is 0. The van der Waals surface area contributed by atoms with Crippen molar-refractivity contribution in [1.29, 1.82) is 0 Å². The average molecular weight is 321 g/mol. The summed E-state index contributed by atoms with van der Waals surface area (Å²) in [5.41, 5.74) is 3.90. The first kappa shape index (κ1) is 17.3. The summed E-state index contributed by atoms with van der Waals surface area (Å²) in [6.45, 7) is 4.55. The Hall–Kier alpha value is -1.48. The lowest BCUT2D eigenvalue weighted by Gasteiger charge is -2.34. The molecule has 1 saturated carbocycles. The van der Waals surface area contributed by atoms with Crippen LogP contribution in [0.3, 0.4) is 0 Å². The fourth-order valence-electron chi connectivity index (χ4n) is 4.44. The van der Waals surface area contributed by atoms with E-state index in [-0.39, 0.29) is 0 Å². The maximum absolute atomic E-state index is 3.43. The van der Waals surface area contributed by atoms with E-state index in [1.165, 1.54) is 62.5 Å². The molecule has 1 fully saturated rings. The van der Waals surface area contributed by atoms with Gasteiger partial charge in [0.2, 0.25) is 0 Å². The Bertz CT molecular complexity index is 600. The van der Waals surface area contributed by atoms with Crippen LogP contribution in [0.2, 0.25) is 0 Å². The number of benzene rings is 1. The van der Waals surface area contributed by atoms with Gasteiger partial charge in [-0.15, -0.1) is 0 Å². The highest BCUT2D eigenvalue weighted by molar-refractivity contribution is 5.42. The molecule has 0 saturated heterocycles. The van der Waals surface area contributed by atoms with Gasteiger partial charge >= 0.3 is 0 Å². The van der Waals surface area contributed by atoms with Crippen molar-refractivity contribution in [2.45, 2.75) is 71.6 Å². The van der Waals surface area contributed by atoms with E-state index >= 15 is 0 Å². The number of rotatable bonds is 3. The van der Waals surface area contributed by atoms with Crippen LogP contribution in [0.15, 0.2) is 35.9 Å². The lowest BCUT2D eigenvalue weighted by atomic mass is 9.71. The first-order valence-electron chi connectivity index (χ1n) is 10.1. The standard InChI is InChI=1S/C24H32/c1-3-19-5-7-21(8-6-19)9-10-22-13-17-24(18-14-22)23-15-11-20(4-2)12-16-23/h5-8,13,20,23-24H,3-4,11-12,14-18H2,1-2H3. The molecule has 0 amide bonds. The summed E-state index contributed by atoms with van der Waals surface area (Å²) in [5, 5.41) is 0. The summed E-state index contributed by atoms with van der Waals surface area (Å²) in [7, 11) is 0. The molecule has 1 atom stereocenters. The van der Waals surface area contributed by atoms with E-state index in [9.17, 15) is 0 Å². The van der Waals surface area contributed by atoms with Crippen LogP contribution in [0.5, 0.6) is 0 Å². The summed E-state index contributed by atoms with van der Waals surface area (Å²) in [4.78, 5) is 0. The van der Waals surface area contributed by atoms with Gasteiger partial charge < -0.3 is 0 Å².